The molecule has 81 heavy (non-hydrogen) atoms. The van der Waals surface area contributed by atoms with E-state index in [0.717, 1.165) is 64.2 Å². The number of unbranched alkanes of at least 4 members (excludes halogenated alkanes) is 42. The second kappa shape index (κ2) is 58.3. The van der Waals surface area contributed by atoms with Crippen LogP contribution in [0, 0.1) is 0 Å². The van der Waals surface area contributed by atoms with E-state index in [0.29, 0.717) is 19.3 Å². The largest absolute Gasteiger partial charge is 0.454 e. The Balaban J connectivity index is 2.56. The Hall–Kier alpha value is -2.12. The number of hydrogen-bond acceptors (Lipinski definition) is 10. The number of hydrogen-bond donors (Lipinski definition) is 6. The number of carbonyl (C=O) groups is 2. The fourth-order valence-corrected chi connectivity index (χ4v) is 11.0. The van der Waals surface area contributed by atoms with Gasteiger partial charge in [-0.25, -0.2) is 0 Å². The lowest BCUT2D eigenvalue weighted by atomic mass is 9.99. The quantitative estimate of drug-likeness (QED) is 0.0195. The Labute approximate surface area is 498 Å². The van der Waals surface area contributed by atoms with Gasteiger partial charge in [0.2, 0.25) is 5.91 Å². The molecule has 1 rings (SSSR count). The number of aliphatic hydroxyl groups excluding tert-OH is 5. The van der Waals surface area contributed by atoms with Crippen LogP contribution in [0.4, 0.5) is 0 Å². The summed E-state index contributed by atoms with van der Waals surface area (Å²) in [5, 5.41) is 57.1. The monoisotopic (exact) mass is 1150 g/mol. The average Bonchev–Trinajstić information content (AvgIpc) is 3.50. The van der Waals surface area contributed by atoms with Gasteiger partial charge in [0, 0.05) is 6.42 Å². The molecule has 1 aliphatic rings. The van der Waals surface area contributed by atoms with Gasteiger partial charge in [-0.15, -0.1) is 0 Å². The van der Waals surface area contributed by atoms with Gasteiger partial charge < -0.3 is 45.1 Å². The van der Waals surface area contributed by atoms with Crippen molar-refractivity contribution in [1.29, 1.82) is 0 Å². The lowest BCUT2D eigenvalue weighted by Crippen LogP contribution is -2.61. The standard InChI is InChI=1S/C70H131NO10/c1-4-7-10-13-16-19-22-25-26-27-28-29-30-31-32-33-34-35-36-37-40-42-45-48-51-54-57-63(74)69(78)71-61(62(73)56-53-50-47-44-41-38-23-20-17-14-11-8-5-2)60-79-70-68(67(77)66(76)64(59-72)80-70)81-65(75)58-55-52-49-46-43-39-24-21-18-15-12-9-6-3/h25-26,39,43,53,56,61-64,66-68,70,72-74,76-77H,4-24,27-38,40-42,44-52,54-55,57-60H2,1-3H3,(H,71,78)/b26-25+,43-39-,56-53+. The summed E-state index contributed by atoms with van der Waals surface area (Å²) in [4.78, 5) is 26.6. The van der Waals surface area contributed by atoms with Gasteiger partial charge in [0.25, 0.3) is 0 Å². The molecular weight excluding hydrogens is 1010 g/mol. The number of allylic oxidation sites excluding steroid dienone is 5. The summed E-state index contributed by atoms with van der Waals surface area (Å²) in [6, 6.07) is -1.02. The summed E-state index contributed by atoms with van der Waals surface area (Å²) in [5.41, 5.74) is 0. The van der Waals surface area contributed by atoms with E-state index in [4.69, 9.17) is 14.2 Å². The van der Waals surface area contributed by atoms with E-state index < -0.39 is 67.4 Å². The van der Waals surface area contributed by atoms with Gasteiger partial charge in [-0.1, -0.05) is 288 Å². The third kappa shape index (κ3) is 45.9. The van der Waals surface area contributed by atoms with Gasteiger partial charge in [0.05, 0.1) is 25.4 Å². The van der Waals surface area contributed by atoms with Crippen LogP contribution in [0.2, 0.25) is 0 Å². The molecule has 1 heterocycles. The van der Waals surface area contributed by atoms with Crippen LogP contribution in [-0.4, -0.2) is 99.6 Å². The van der Waals surface area contributed by atoms with E-state index in [9.17, 15) is 35.1 Å². The summed E-state index contributed by atoms with van der Waals surface area (Å²) >= 11 is 0. The minimum absolute atomic E-state index is 0.106. The van der Waals surface area contributed by atoms with E-state index >= 15 is 0 Å². The Morgan fingerprint density at radius 3 is 1.20 bits per heavy atom. The summed E-state index contributed by atoms with van der Waals surface area (Å²) < 4.78 is 17.6. The SMILES string of the molecule is CCCCCCCC/C=C\CCCCCC(=O)OC1C(OCC(NC(=O)C(O)CCCCCCCCCCCCCCCCCC/C=C/CCCCCCCC)C(O)/C=C/CCCCCCCCCCCCC)OC(CO)C(O)C1O. The molecule has 0 aromatic heterocycles. The van der Waals surface area contributed by atoms with Gasteiger partial charge in [0.1, 0.15) is 24.4 Å². The highest BCUT2D eigenvalue weighted by molar-refractivity contribution is 5.80. The molecule has 0 aliphatic carbocycles. The van der Waals surface area contributed by atoms with Gasteiger partial charge >= 0.3 is 5.97 Å². The zero-order valence-electron chi connectivity index (χ0n) is 52.9. The normalized spacial score (nSPS) is 18.8. The first-order valence-electron chi connectivity index (χ1n) is 34.8. The summed E-state index contributed by atoms with van der Waals surface area (Å²) in [7, 11) is 0. The number of aliphatic hydroxyl groups is 5. The fourth-order valence-electron chi connectivity index (χ4n) is 11.0. The van der Waals surface area contributed by atoms with Crippen molar-refractivity contribution < 1.29 is 49.3 Å². The second-order valence-electron chi connectivity index (χ2n) is 24.3. The minimum atomic E-state index is -1.62. The van der Waals surface area contributed by atoms with Crippen molar-refractivity contribution in [2.45, 2.75) is 384 Å². The molecule has 6 N–H and O–H groups in total. The molecule has 11 nitrogen and oxygen atoms in total. The van der Waals surface area contributed by atoms with Gasteiger partial charge in [0.15, 0.2) is 12.4 Å². The first-order valence-corrected chi connectivity index (χ1v) is 34.8. The van der Waals surface area contributed by atoms with Crippen LogP contribution in [0.15, 0.2) is 36.5 Å². The fraction of sp³-hybridized carbons (Fsp3) is 0.886. The maximum absolute atomic E-state index is 13.5. The van der Waals surface area contributed by atoms with E-state index in [1.54, 1.807) is 6.08 Å². The molecule has 1 amide bonds. The Morgan fingerprint density at radius 1 is 0.469 bits per heavy atom. The maximum Gasteiger partial charge on any atom is 0.306 e. The number of ether oxygens (including phenoxy) is 3. The van der Waals surface area contributed by atoms with Crippen LogP contribution in [0.1, 0.15) is 335 Å². The molecule has 0 saturated carbocycles. The van der Waals surface area contributed by atoms with E-state index in [-0.39, 0.29) is 13.0 Å². The van der Waals surface area contributed by atoms with E-state index in [1.807, 2.05) is 6.08 Å². The van der Waals surface area contributed by atoms with Crippen molar-refractivity contribution in [1.82, 2.24) is 5.32 Å². The molecule has 1 aliphatic heterocycles. The first kappa shape index (κ1) is 76.9. The van der Waals surface area contributed by atoms with E-state index in [1.165, 1.54) is 225 Å². The summed E-state index contributed by atoms with van der Waals surface area (Å²) in [6.07, 6.45) is 60.6. The van der Waals surface area contributed by atoms with Crippen LogP contribution in [0.5, 0.6) is 0 Å². The van der Waals surface area contributed by atoms with Crippen LogP contribution in [0.3, 0.4) is 0 Å². The van der Waals surface area contributed by atoms with Crippen LogP contribution in [-0.2, 0) is 23.8 Å². The molecule has 8 unspecified atom stereocenters. The van der Waals surface area contributed by atoms with Gasteiger partial charge in [-0.3, -0.25) is 9.59 Å². The summed E-state index contributed by atoms with van der Waals surface area (Å²) in [6.45, 7) is 5.81. The van der Waals surface area contributed by atoms with Crippen molar-refractivity contribution in [2.24, 2.45) is 0 Å². The van der Waals surface area contributed by atoms with Crippen molar-refractivity contribution in [3.8, 4) is 0 Å². The zero-order valence-corrected chi connectivity index (χ0v) is 52.9. The number of rotatable bonds is 60. The average molecular weight is 1150 g/mol. The van der Waals surface area contributed by atoms with Crippen LogP contribution in [0.25, 0.3) is 0 Å². The molecule has 1 saturated heterocycles. The lowest BCUT2D eigenvalue weighted by molar-refractivity contribution is -0.305. The smallest absolute Gasteiger partial charge is 0.306 e. The van der Waals surface area contributed by atoms with E-state index in [2.05, 4.69) is 50.4 Å². The van der Waals surface area contributed by atoms with Crippen molar-refractivity contribution >= 4 is 11.9 Å². The number of nitrogens with one attached hydrogen (secondary N) is 1. The van der Waals surface area contributed by atoms with Crippen molar-refractivity contribution in [3.63, 3.8) is 0 Å². The highest BCUT2D eigenvalue weighted by Gasteiger charge is 2.47. The van der Waals surface area contributed by atoms with Crippen LogP contribution < -0.4 is 5.32 Å². The third-order valence-electron chi connectivity index (χ3n) is 16.5. The number of amides is 1. The number of carbonyl (C=O) groups excluding carboxylic acids is 2. The predicted molar refractivity (Wildman–Crippen MR) is 338 cm³/mol. The third-order valence-corrected chi connectivity index (χ3v) is 16.5. The first-order chi connectivity index (χ1) is 39.7. The Kier molecular flexibility index (Phi) is 55.3. The minimum Gasteiger partial charge on any atom is -0.454 e. The molecule has 0 radical (unpaired) electrons. The van der Waals surface area contributed by atoms with Crippen molar-refractivity contribution in [3.05, 3.63) is 36.5 Å². The Bertz CT molecular complexity index is 1460. The van der Waals surface area contributed by atoms with Crippen molar-refractivity contribution in [2.75, 3.05) is 13.2 Å². The molecule has 476 valence electrons. The zero-order chi connectivity index (χ0) is 58.9. The van der Waals surface area contributed by atoms with Gasteiger partial charge in [-0.05, 0) is 77.0 Å². The van der Waals surface area contributed by atoms with Crippen LogP contribution >= 0.6 is 0 Å². The Morgan fingerprint density at radius 2 is 0.815 bits per heavy atom. The maximum atomic E-state index is 13.5. The molecule has 11 heteroatoms. The predicted octanol–water partition coefficient (Wildman–Crippen LogP) is 17.4. The highest BCUT2D eigenvalue weighted by atomic mass is 16.7. The molecule has 8 atom stereocenters. The topological polar surface area (TPSA) is 175 Å². The molecular formula is C70H131NO10. The molecule has 0 spiro atoms. The number of esters is 1. The second-order valence-corrected chi connectivity index (χ2v) is 24.3. The molecule has 1 fully saturated rings. The lowest BCUT2D eigenvalue weighted by Gasteiger charge is -2.41. The molecule has 0 bridgehead atoms. The molecule has 0 aromatic rings. The summed E-state index contributed by atoms with van der Waals surface area (Å²) in [5.74, 6) is -1.20. The highest BCUT2D eigenvalue weighted by Crippen LogP contribution is 2.26. The van der Waals surface area contributed by atoms with Gasteiger partial charge in [-0.2, -0.15) is 0 Å². The molecule has 0 aromatic carbocycles.